The first-order chi connectivity index (χ1) is 10.1. The van der Waals surface area contributed by atoms with E-state index in [0.717, 1.165) is 0 Å². The molecule has 1 heterocycles. The molecule has 0 unspecified atom stereocenters. The van der Waals surface area contributed by atoms with Crippen LogP contribution in [-0.2, 0) is 9.59 Å². The predicted molar refractivity (Wildman–Crippen MR) is 77.2 cm³/mol. The Balaban J connectivity index is 1.92. The van der Waals surface area contributed by atoms with Crippen molar-refractivity contribution >= 4 is 39.6 Å². The van der Waals surface area contributed by atoms with Crippen molar-refractivity contribution in [3.8, 4) is 0 Å². The number of halogens is 2. The van der Waals surface area contributed by atoms with Crippen molar-refractivity contribution in [2.45, 2.75) is 0 Å². The van der Waals surface area contributed by atoms with E-state index in [2.05, 4.69) is 26.3 Å². The minimum atomic E-state index is -1.03. The first kappa shape index (κ1) is 14.9. The third kappa shape index (κ3) is 4.25. The van der Waals surface area contributed by atoms with Crippen LogP contribution in [0.15, 0.2) is 50.6 Å². The molecular formula is C13H9BrFN3O3. The summed E-state index contributed by atoms with van der Waals surface area (Å²) in [6, 6.07) is 7.30. The quantitative estimate of drug-likeness (QED) is 0.504. The van der Waals surface area contributed by atoms with E-state index in [1.54, 1.807) is 12.1 Å². The van der Waals surface area contributed by atoms with E-state index in [1.807, 2.05) is 5.43 Å². The highest BCUT2D eigenvalue weighted by Crippen LogP contribution is 2.19. The maximum absolute atomic E-state index is 13.5. The van der Waals surface area contributed by atoms with Crippen molar-refractivity contribution in [2.75, 3.05) is 5.32 Å². The van der Waals surface area contributed by atoms with E-state index < -0.39 is 17.6 Å². The molecule has 1 aromatic heterocycles. The van der Waals surface area contributed by atoms with E-state index in [1.165, 1.54) is 30.7 Å². The highest BCUT2D eigenvalue weighted by atomic mass is 79.9. The molecule has 21 heavy (non-hydrogen) atoms. The van der Waals surface area contributed by atoms with E-state index in [9.17, 15) is 14.0 Å². The van der Waals surface area contributed by atoms with E-state index in [0.29, 0.717) is 10.2 Å². The summed E-state index contributed by atoms with van der Waals surface area (Å²) < 4.78 is 19.0. The lowest BCUT2D eigenvalue weighted by atomic mass is 10.3. The molecule has 8 heteroatoms. The van der Waals surface area contributed by atoms with Gasteiger partial charge in [0.05, 0.1) is 18.2 Å². The van der Waals surface area contributed by atoms with Gasteiger partial charge in [0.25, 0.3) is 0 Å². The van der Waals surface area contributed by atoms with Crippen molar-refractivity contribution < 1.29 is 18.4 Å². The molecule has 1 aromatic carbocycles. The Morgan fingerprint density at radius 1 is 1.29 bits per heavy atom. The monoisotopic (exact) mass is 353 g/mol. The topological polar surface area (TPSA) is 83.7 Å². The fourth-order valence-electron chi connectivity index (χ4n) is 1.34. The number of hydrogen-bond acceptors (Lipinski definition) is 4. The molecule has 0 saturated carbocycles. The number of benzene rings is 1. The van der Waals surface area contributed by atoms with Gasteiger partial charge in [0.15, 0.2) is 0 Å². The second-order valence-corrected chi connectivity index (χ2v) is 4.71. The number of nitrogens with one attached hydrogen (secondary N) is 2. The van der Waals surface area contributed by atoms with Gasteiger partial charge >= 0.3 is 11.8 Å². The van der Waals surface area contributed by atoms with Crippen LogP contribution in [0.2, 0.25) is 0 Å². The lowest BCUT2D eigenvalue weighted by molar-refractivity contribution is -0.136. The van der Waals surface area contributed by atoms with Crippen molar-refractivity contribution in [1.82, 2.24) is 5.43 Å². The average molecular weight is 354 g/mol. The molecule has 0 fully saturated rings. The molecule has 2 rings (SSSR count). The molecule has 108 valence electrons. The maximum Gasteiger partial charge on any atom is 0.329 e. The zero-order valence-corrected chi connectivity index (χ0v) is 12.1. The van der Waals surface area contributed by atoms with Crippen LogP contribution in [-0.4, -0.2) is 18.0 Å². The minimum Gasteiger partial charge on any atom is -0.463 e. The first-order valence-corrected chi connectivity index (χ1v) is 6.48. The third-order valence-corrected chi connectivity index (χ3v) is 2.78. The van der Waals surface area contributed by atoms with Crippen LogP contribution >= 0.6 is 15.9 Å². The SMILES string of the molecule is O=C(N/N=C/c1ccco1)C(=O)Nc1ccc(Br)cc1F. The molecule has 0 radical (unpaired) electrons. The number of furan rings is 1. The molecule has 0 bridgehead atoms. The van der Waals surface area contributed by atoms with Crippen LogP contribution in [0.3, 0.4) is 0 Å². The van der Waals surface area contributed by atoms with Gasteiger partial charge in [-0.05, 0) is 30.3 Å². The van der Waals surface area contributed by atoms with E-state index >= 15 is 0 Å². The Bertz CT molecular complexity index is 686. The molecule has 0 spiro atoms. The Hall–Kier alpha value is -2.48. The summed E-state index contributed by atoms with van der Waals surface area (Å²) in [6.45, 7) is 0. The van der Waals surface area contributed by atoms with Crippen LogP contribution < -0.4 is 10.7 Å². The van der Waals surface area contributed by atoms with Crippen molar-refractivity contribution in [1.29, 1.82) is 0 Å². The van der Waals surface area contributed by atoms with Crippen molar-refractivity contribution in [3.63, 3.8) is 0 Å². The average Bonchev–Trinajstić information content (AvgIpc) is 2.95. The van der Waals surface area contributed by atoms with Crippen LogP contribution in [0, 0.1) is 5.82 Å². The summed E-state index contributed by atoms with van der Waals surface area (Å²) in [4.78, 5) is 23.0. The number of nitrogens with zero attached hydrogens (tertiary/aromatic N) is 1. The predicted octanol–water partition coefficient (Wildman–Crippen LogP) is 2.27. The molecule has 0 aliphatic heterocycles. The summed E-state index contributed by atoms with van der Waals surface area (Å²) in [5.41, 5.74) is 1.90. The Morgan fingerprint density at radius 3 is 2.76 bits per heavy atom. The zero-order valence-electron chi connectivity index (χ0n) is 10.5. The van der Waals surface area contributed by atoms with Crippen LogP contribution in [0.1, 0.15) is 5.76 Å². The van der Waals surface area contributed by atoms with E-state index in [4.69, 9.17) is 4.42 Å². The fourth-order valence-corrected chi connectivity index (χ4v) is 1.67. The van der Waals surface area contributed by atoms with Crippen LogP contribution in [0.25, 0.3) is 0 Å². The standard InChI is InChI=1S/C13H9BrFN3O3/c14-8-3-4-11(10(15)6-8)17-12(19)13(20)18-16-7-9-2-1-5-21-9/h1-7H,(H,17,19)(H,18,20)/b16-7+. The Morgan fingerprint density at radius 2 is 2.10 bits per heavy atom. The number of rotatable bonds is 3. The molecule has 6 nitrogen and oxygen atoms in total. The summed E-state index contributed by atoms with van der Waals surface area (Å²) in [7, 11) is 0. The first-order valence-electron chi connectivity index (χ1n) is 5.69. The van der Waals surface area contributed by atoms with Gasteiger partial charge in [-0.15, -0.1) is 0 Å². The lowest BCUT2D eigenvalue weighted by Crippen LogP contribution is -2.32. The highest BCUT2D eigenvalue weighted by Gasteiger charge is 2.15. The van der Waals surface area contributed by atoms with Gasteiger partial charge in [0.2, 0.25) is 0 Å². The maximum atomic E-state index is 13.5. The molecular weight excluding hydrogens is 345 g/mol. The summed E-state index contributed by atoms with van der Waals surface area (Å²) in [6.07, 6.45) is 2.66. The molecule has 0 aliphatic rings. The van der Waals surface area contributed by atoms with Gasteiger partial charge in [-0.25, -0.2) is 9.82 Å². The van der Waals surface area contributed by atoms with Crippen molar-refractivity contribution in [2.24, 2.45) is 5.10 Å². The zero-order chi connectivity index (χ0) is 15.2. The van der Waals surface area contributed by atoms with Crippen LogP contribution in [0.4, 0.5) is 10.1 Å². The molecule has 2 amide bonds. The second kappa shape index (κ2) is 6.80. The van der Waals surface area contributed by atoms with Gasteiger partial charge in [-0.1, -0.05) is 15.9 Å². The van der Waals surface area contributed by atoms with Crippen molar-refractivity contribution in [3.05, 3.63) is 52.6 Å². The van der Waals surface area contributed by atoms with Gasteiger partial charge in [0, 0.05) is 4.47 Å². The minimum absolute atomic E-state index is 0.103. The van der Waals surface area contributed by atoms with Gasteiger partial charge in [-0.2, -0.15) is 5.10 Å². The molecule has 0 atom stereocenters. The molecule has 0 saturated heterocycles. The largest absolute Gasteiger partial charge is 0.463 e. The summed E-state index contributed by atoms with van der Waals surface area (Å²) >= 11 is 3.08. The third-order valence-electron chi connectivity index (χ3n) is 2.29. The van der Waals surface area contributed by atoms with Gasteiger partial charge in [0.1, 0.15) is 11.6 Å². The van der Waals surface area contributed by atoms with E-state index in [-0.39, 0.29) is 5.69 Å². The number of hydrazone groups is 1. The Labute approximate surface area is 127 Å². The van der Waals surface area contributed by atoms with Gasteiger partial charge < -0.3 is 9.73 Å². The summed E-state index contributed by atoms with van der Waals surface area (Å²) in [5.74, 6) is -2.31. The number of amides is 2. The number of carbonyl (C=O) groups excluding carboxylic acids is 2. The number of carbonyl (C=O) groups is 2. The number of anilines is 1. The molecule has 2 aromatic rings. The summed E-state index contributed by atoms with van der Waals surface area (Å²) in [5, 5.41) is 5.67. The Kier molecular flexibility index (Phi) is 4.83. The normalized spacial score (nSPS) is 10.6. The molecule has 2 N–H and O–H groups in total. The fraction of sp³-hybridized carbons (Fsp3) is 0. The molecule has 0 aliphatic carbocycles. The highest BCUT2D eigenvalue weighted by molar-refractivity contribution is 9.10. The number of hydrogen-bond donors (Lipinski definition) is 2. The second-order valence-electron chi connectivity index (χ2n) is 3.79. The van der Waals surface area contributed by atoms with Gasteiger partial charge in [-0.3, -0.25) is 9.59 Å². The lowest BCUT2D eigenvalue weighted by Gasteiger charge is -2.05. The van der Waals surface area contributed by atoms with Crippen LogP contribution in [0.5, 0.6) is 0 Å². The smallest absolute Gasteiger partial charge is 0.329 e.